The SMILES string of the molecule is CCCSCC(=O)N1CCC(n2ncc(C(=O)O)c2C)CC1. The molecule has 22 heavy (non-hydrogen) atoms. The Kier molecular flexibility index (Phi) is 5.88. The van der Waals surface area contributed by atoms with Gasteiger partial charge in [-0.2, -0.15) is 16.9 Å². The molecule has 0 radical (unpaired) electrons. The van der Waals surface area contributed by atoms with Gasteiger partial charge in [-0.15, -0.1) is 0 Å². The molecule has 1 saturated heterocycles. The predicted molar refractivity (Wildman–Crippen MR) is 86.4 cm³/mol. The molecule has 7 heteroatoms. The van der Waals surface area contributed by atoms with Gasteiger partial charge in [0.05, 0.1) is 23.7 Å². The lowest BCUT2D eigenvalue weighted by atomic mass is 10.0. The molecule has 1 N–H and O–H groups in total. The van der Waals surface area contributed by atoms with E-state index in [9.17, 15) is 9.59 Å². The summed E-state index contributed by atoms with van der Waals surface area (Å²) in [4.78, 5) is 25.1. The highest BCUT2D eigenvalue weighted by atomic mass is 32.2. The number of aromatic nitrogens is 2. The molecule has 2 heterocycles. The summed E-state index contributed by atoms with van der Waals surface area (Å²) in [6.07, 6.45) is 4.15. The van der Waals surface area contributed by atoms with Crippen molar-refractivity contribution in [1.82, 2.24) is 14.7 Å². The largest absolute Gasteiger partial charge is 0.478 e. The average Bonchev–Trinajstić information content (AvgIpc) is 2.89. The number of carbonyl (C=O) groups excluding carboxylic acids is 1. The number of aromatic carboxylic acids is 1. The van der Waals surface area contributed by atoms with E-state index in [4.69, 9.17) is 5.11 Å². The van der Waals surface area contributed by atoms with Gasteiger partial charge in [0.1, 0.15) is 5.56 Å². The Bertz CT molecular complexity index is 536. The Morgan fingerprint density at radius 1 is 1.41 bits per heavy atom. The van der Waals surface area contributed by atoms with Gasteiger partial charge in [0.25, 0.3) is 0 Å². The number of rotatable bonds is 6. The number of likely N-dealkylation sites (tertiary alicyclic amines) is 1. The van der Waals surface area contributed by atoms with E-state index < -0.39 is 5.97 Å². The predicted octanol–water partition coefficient (Wildman–Crippen LogP) is 2.20. The maximum atomic E-state index is 12.1. The van der Waals surface area contributed by atoms with E-state index in [-0.39, 0.29) is 17.5 Å². The van der Waals surface area contributed by atoms with Gasteiger partial charge >= 0.3 is 5.97 Å². The summed E-state index contributed by atoms with van der Waals surface area (Å²) < 4.78 is 1.80. The first-order chi connectivity index (χ1) is 10.5. The third-order valence-corrected chi connectivity index (χ3v) is 5.16. The molecule has 0 unspecified atom stereocenters. The minimum Gasteiger partial charge on any atom is -0.478 e. The molecule has 2 rings (SSSR count). The van der Waals surface area contributed by atoms with Crippen molar-refractivity contribution in [2.75, 3.05) is 24.6 Å². The maximum Gasteiger partial charge on any atom is 0.339 e. The molecule has 1 aromatic rings. The van der Waals surface area contributed by atoms with Gasteiger partial charge < -0.3 is 10.0 Å². The quantitative estimate of drug-likeness (QED) is 0.812. The summed E-state index contributed by atoms with van der Waals surface area (Å²) in [5, 5.41) is 13.3. The van der Waals surface area contributed by atoms with Crippen LogP contribution in [0.15, 0.2) is 6.20 Å². The van der Waals surface area contributed by atoms with Crippen LogP contribution in [0.1, 0.15) is 48.3 Å². The van der Waals surface area contributed by atoms with Crippen LogP contribution < -0.4 is 0 Å². The third kappa shape index (κ3) is 3.82. The number of thioether (sulfide) groups is 1. The van der Waals surface area contributed by atoms with Crippen LogP contribution in [0, 0.1) is 6.92 Å². The van der Waals surface area contributed by atoms with E-state index in [1.807, 2.05) is 4.90 Å². The van der Waals surface area contributed by atoms with Crippen molar-refractivity contribution in [1.29, 1.82) is 0 Å². The standard InChI is InChI=1S/C15H23N3O3S/c1-3-8-22-10-14(19)17-6-4-12(5-7-17)18-11(2)13(9-16-18)15(20)21/h9,12H,3-8,10H2,1-2H3,(H,20,21). The highest BCUT2D eigenvalue weighted by Gasteiger charge is 2.26. The third-order valence-electron chi connectivity index (χ3n) is 4.01. The molecule has 0 atom stereocenters. The number of piperidine rings is 1. The van der Waals surface area contributed by atoms with Crippen molar-refractivity contribution in [3.8, 4) is 0 Å². The minimum absolute atomic E-state index is 0.181. The summed E-state index contributed by atoms with van der Waals surface area (Å²) >= 11 is 1.69. The molecular formula is C15H23N3O3S. The molecule has 6 nitrogen and oxygen atoms in total. The van der Waals surface area contributed by atoms with Crippen LogP contribution >= 0.6 is 11.8 Å². The fourth-order valence-corrected chi connectivity index (χ4v) is 3.55. The van der Waals surface area contributed by atoms with Crippen LogP contribution in [-0.4, -0.2) is 56.3 Å². The van der Waals surface area contributed by atoms with Crippen LogP contribution in [0.3, 0.4) is 0 Å². The Balaban J connectivity index is 1.89. The maximum absolute atomic E-state index is 12.1. The highest BCUT2D eigenvalue weighted by molar-refractivity contribution is 7.99. The van der Waals surface area contributed by atoms with Gasteiger partial charge in [0.2, 0.25) is 5.91 Å². The van der Waals surface area contributed by atoms with Gasteiger partial charge in [-0.05, 0) is 31.9 Å². The second-order valence-electron chi connectivity index (χ2n) is 5.56. The monoisotopic (exact) mass is 325 g/mol. The smallest absolute Gasteiger partial charge is 0.339 e. The lowest BCUT2D eigenvalue weighted by molar-refractivity contribution is -0.129. The van der Waals surface area contributed by atoms with E-state index in [2.05, 4.69) is 12.0 Å². The van der Waals surface area contributed by atoms with Crippen molar-refractivity contribution < 1.29 is 14.7 Å². The summed E-state index contributed by atoms with van der Waals surface area (Å²) in [7, 11) is 0. The first-order valence-corrected chi connectivity index (χ1v) is 8.83. The van der Waals surface area contributed by atoms with Crippen molar-refractivity contribution in [3.63, 3.8) is 0 Å². The van der Waals surface area contributed by atoms with Gasteiger partial charge in [-0.3, -0.25) is 9.48 Å². The number of hydrogen-bond donors (Lipinski definition) is 1. The molecule has 1 aliphatic rings. The Morgan fingerprint density at radius 3 is 2.64 bits per heavy atom. The van der Waals surface area contributed by atoms with Gasteiger partial charge in [-0.25, -0.2) is 4.79 Å². The van der Waals surface area contributed by atoms with E-state index in [1.54, 1.807) is 23.4 Å². The molecule has 122 valence electrons. The van der Waals surface area contributed by atoms with Crippen molar-refractivity contribution >= 4 is 23.6 Å². The second-order valence-corrected chi connectivity index (χ2v) is 6.66. The Labute approximate surface area is 134 Å². The lowest BCUT2D eigenvalue weighted by Crippen LogP contribution is -2.40. The number of amides is 1. The molecule has 0 spiro atoms. The van der Waals surface area contributed by atoms with Crippen molar-refractivity contribution in [2.45, 2.75) is 39.2 Å². The minimum atomic E-state index is -0.940. The first kappa shape index (κ1) is 16.9. The van der Waals surface area contributed by atoms with E-state index >= 15 is 0 Å². The number of nitrogens with zero attached hydrogens (tertiary/aromatic N) is 3. The summed E-state index contributed by atoms with van der Waals surface area (Å²) in [5.74, 6) is 0.847. The van der Waals surface area contributed by atoms with Gasteiger partial charge in [0, 0.05) is 13.1 Å². The van der Waals surface area contributed by atoms with Crippen molar-refractivity contribution in [2.24, 2.45) is 0 Å². The fourth-order valence-electron chi connectivity index (χ4n) is 2.76. The molecule has 0 saturated carbocycles. The zero-order valence-electron chi connectivity index (χ0n) is 13.1. The number of carboxylic acids is 1. The van der Waals surface area contributed by atoms with Crippen LogP contribution in [-0.2, 0) is 4.79 Å². The number of carboxylic acid groups (broad SMARTS) is 1. The zero-order valence-corrected chi connectivity index (χ0v) is 13.9. The second kappa shape index (κ2) is 7.67. The topological polar surface area (TPSA) is 75.4 Å². The fraction of sp³-hybridized carbons (Fsp3) is 0.667. The normalized spacial score (nSPS) is 16.0. The molecule has 1 fully saturated rings. The zero-order chi connectivity index (χ0) is 16.1. The highest BCUT2D eigenvalue weighted by Crippen LogP contribution is 2.25. The summed E-state index contributed by atoms with van der Waals surface area (Å²) in [6.45, 7) is 5.34. The first-order valence-electron chi connectivity index (χ1n) is 7.67. The van der Waals surface area contributed by atoms with Crippen LogP contribution in [0.4, 0.5) is 0 Å². The molecule has 1 aromatic heterocycles. The molecule has 0 bridgehead atoms. The molecule has 1 aliphatic heterocycles. The lowest BCUT2D eigenvalue weighted by Gasteiger charge is -2.32. The van der Waals surface area contributed by atoms with Crippen molar-refractivity contribution in [3.05, 3.63) is 17.5 Å². The Hall–Kier alpha value is -1.50. The molecule has 1 amide bonds. The van der Waals surface area contributed by atoms with Crippen LogP contribution in [0.25, 0.3) is 0 Å². The van der Waals surface area contributed by atoms with E-state index in [0.717, 1.165) is 38.1 Å². The summed E-state index contributed by atoms with van der Waals surface area (Å²) in [5.41, 5.74) is 0.949. The summed E-state index contributed by atoms with van der Waals surface area (Å²) in [6, 6.07) is 0.181. The number of carbonyl (C=O) groups is 2. The average molecular weight is 325 g/mol. The molecular weight excluding hydrogens is 302 g/mol. The van der Waals surface area contributed by atoms with E-state index in [1.165, 1.54) is 6.20 Å². The van der Waals surface area contributed by atoms with E-state index in [0.29, 0.717) is 11.4 Å². The number of hydrogen-bond acceptors (Lipinski definition) is 4. The van der Waals surface area contributed by atoms with Gasteiger partial charge in [0.15, 0.2) is 0 Å². The van der Waals surface area contributed by atoms with Gasteiger partial charge in [-0.1, -0.05) is 6.92 Å². The Morgan fingerprint density at radius 2 is 2.09 bits per heavy atom. The van der Waals surface area contributed by atoms with Crippen LogP contribution in [0.5, 0.6) is 0 Å². The van der Waals surface area contributed by atoms with Crippen LogP contribution in [0.2, 0.25) is 0 Å². The molecule has 0 aliphatic carbocycles. The molecule has 0 aromatic carbocycles.